The van der Waals surface area contributed by atoms with E-state index in [1.807, 2.05) is 31.2 Å². The fourth-order valence-corrected chi connectivity index (χ4v) is 3.45. The van der Waals surface area contributed by atoms with E-state index in [0.29, 0.717) is 40.9 Å². The number of ether oxygens (including phenoxy) is 3. The highest BCUT2D eigenvalue weighted by atomic mass is 79.9. The third-order valence-electron chi connectivity index (χ3n) is 5.38. The minimum Gasteiger partial charge on any atom is -0.490 e. The van der Waals surface area contributed by atoms with Crippen LogP contribution in [0.1, 0.15) is 54.6 Å². The van der Waals surface area contributed by atoms with Gasteiger partial charge in [-0.25, -0.2) is 10.2 Å². The first-order valence-electron chi connectivity index (χ1n) is 11.7. The minimum atomic E-state index is -0.494. The van der Waals surface area contributed by atoms with Crippen LogP contribution >= 0.6 is 15.9 Å². The van der Waals surface area contributed by atoms with Gasteiger partial charge in [0.25, 0.3) is 5.91 Å². The van der Waals surface area contributed by atoms with Gasteiger partial charge in [0.1, 0.15) is 5.75 Å². The van der Waals surface area contributed by atoms with Gasteiger partial charge in [0.15, 0.2) is 18.1 Å². The Bertz CT molecular complexity index is 1190. The molecule has 1 amide bonds. The Hall–Kier alpha value is -3.65. The minimum absolute atomic E-state index is 0.158. The van der Waals surface area contributed by atoms with Crippen molar-refractivity contribution in [3.63, 3.8) is 0 Å². The third-order valence-corrected chi connectivity index (χ3v) is 5.91. The molecule has 188 valence electrons. The second-order valence-electron chi connectivity index (χ2n) is 8.00. The third kappa shape index (κ3) is 7.95. The number of hydrogen-bond acceptors (Lipinski definition) is 6. The smallest absolute Gasteiger partial charge is 0.343 e. The summed E-state index contributed by atoms with van der Waals surface area (Å²) < 4.78 is 17.5. The summed E-state index contributed by atoms with van der Waals surface area (Å²) in [7, 11) is 0. The number of carbonyl (C=O) groups is 2. The van der Waals surface area contributed by atoms with E-state index in [1.165, 1.54) is 11.8 Å². The SMILES string of the molecule is CCOc1cc(C=NNC(=O)COc2ccc(C(C)CC)cc2)ccc1OC(=O)c1ccc(Br)cc1. The van der Waals surface area contributed by atoms with Crippen LogP contribution in [0.25, 0.3) is 0 Å². The second-order valence-corrected chi connectivity index (χ2v) is 8.91. The van der Waals surface area contributed by atoms with Crippen LogP contribution in [-0.4, -0.2) is 31.3 Å². The molecule has 7 nitrogen and oxygen atoms in total. The average molecular weight is 553 g/mol. The van der Waals surface area contributed by atoms with Crippen molar-refractivity contribution in [2.24, 2.45) is 5.10 Å². The zero-order chi connectivity index (χ0) is 25.9. The maximum atomic E-state index is 12.5. The molecule has 1 atom stereocenters. The summed E-state index contributed by atoms with van der Waals surface area (Å²) in [4.78, 5) is 24.6. The van der Waals surface area contributed by atoms with Crippen LogP contribution in [0.5, 0.6) is 17.2 Å². The van der Waals surface area contributed by atoms with E-state index >= 15 is 0 Å². The molecule has 0 aliphatic carbocycles. The van der Waals surface area contributed by atoms with Crippen LogP contribution < -0.4 is 19.6 Å². The molecule has 0 radical (unpaired) electrons. The summed E-state index contributed by atoms with van der Waals surface area (Å²) >= 11 is 3.34. The number of amides is 1. The van der Waals surface area contributed by atoms with Crippen molar-refractivity contribution in [1.82, 2.24) is 5.43 Å². The Balaban J connectivity index is 1.55. The zero-order valence-electron chi connectivity index (χ0n) is 20.5. The molecule has 0 aromatic heterocycles. The molecule has 36 heavy (non-hydrogen) atoms. The highest BCUT2D eigenvalue weighted by Gasteiger charge is 2.13. The molecule has 0 saturated carbocycles. The van der Waals surface area contributed by atoms with Crippen molar-refractivity contribution >= 4 is 34.0 Å². The molecule has 8 heteroatoms. The normalized spacial score (nSPS) is 11.7. The van der Waals surface area contributed by atoms with Gasteiger partial charge in [-0.1, -0.05) is 41.9 Å². The summed E-state index contributed by atoms with van der Waals surface area (Å²) in [5.41, 5.74) is 4.75. The molecule has 1 unspecified atom stereocenters. The number of rotatable bonds is 11. The summed E-state index contributed by atoms with van der Waals surface area (Å²) in [5.74, 6) is 0.901. The lowest BCUT2D eigenvalue weighted by Gasteiger charge is -2.11. The molecule has 0 saturated heterocycles. The number of benzene rings is 3. The Kier molecular flexibility index (Phi) is 10.1. The van der Waals surface area contributed by atoms with E-state index in [1.54, 1.807) is 42.5 Å². The summed E-state index contributed by atoms with van der Waals surface area (Å²) in [6.07, 6.45) is 2.54. The number of hydrazone groups is 1. The van der Waals surface area contributed by atoms with E-state index in [4.69, 9.17) is 14.2 Å². The van der Waals surface area contributed by atoms with Crippen LogP contribution in [0, 0.1) is 0 Å². The Morgan fingerprint density at radius 2 is 1.69 bits per heavy atom. The number of nitrogens with zero attached hydrogens (tertiary/aromatic N) is 1. The lowest BCUT2D eigenvalue weighted by Crippen LogP contribution is -2.24. The first-order valence-corrected chi connectivity index (χ1v) is 12.5. The van der Waals surface area contributed by atoms with Gasteiger partial charge in [0.2, 0.25) is 0 Å². The van der Waals surface area contributed by atoms with Crippen molar-refractivity contribution < 1.29 is 23.8 Å². The number of esters is 1. The van der Waals surface area contributed by atoms with Crippen LogP contribution in [0.2, 0.25) is 0 Å². The second kappa shape index (κ2) is 13.4. The van der Waals surface area contributed by atoms with Crippen LogP contribution in [0.3, 0.4) is 0 Å². The van der Waals surface area contributed by atoms with Gasteiger partial charge in [-0.3, -0.25) is 4.79 Å². The van der Waals surface area contributed by atoms with Crippen LogP contribution in [-0.2, 0) is 4.79 Å². The fraction of sp³-hybridized carbons (Fsp3) is 0.250. The Morgan fingerprint density at radius 3 is 2.36 bits per heavy atom. The van der Waals surface area contributed by atoms with Gasteiger partial charge in [0.05, 0.1) is 18.4 Å². The largest absolute Gasteiger partial charge is 0.490 e. The zero-order valence-corrected chi connectivity index (χ0v) is 22.1. The molecule has 1 N–H and O–H groups in total. The van der Waals surface area contributed by atoms with E-state index in [9.17, 15) is 9.59 Å². The highest BCUT2D eigenvalue weighted by Crippen LogP contribution is 2.29. The molecule has 0 bridgehead atoms. The van der Waals surface area contributed by atoms with Gasteiger partial charge in [-0.15, -0.1) is 0 Å². The van der Waals surface area contributed by atoms with Crippen molar-refractivity contribution in [3.8, 4) is 17.2 Å². The van der Waals surface area contributed by atoms with E-state index in [2.05, 4.69) is 40.3 Å². The van der Waals surface area contributed by atoms with Crippen LogP contribution in [0.4, 0.5) is 0 Å². The predicted octanol–water partition coefficient (Wildman–Crippen LogP) is 6.11. The van der Waals surface area contributed by atoms with E-state index < -0.39 is 5.97 Å². The Morgan fingerprint density at radius 1 is 0.972 bits per heavy atom. The first kappa shape index (κ1) is 26.9. The van der Waals surface area contributed by atoms with Crippen molar-refractivity contribution in [3.05, 3.63) is 87.9 Å². The highest BCUT2D eigenvalue weighted by molar-refractivity contribution is 9.10. The lowest BCUT2D eigenvalue weighted by molar-refractivity contribution is -0.123. The molecule has 0 aliphatic heterocycles. The molecule has 0 heterocycles. The maximum absolute atomic E-state index is 12.5. The van der Waals surface area contributed by atoms with Crippen molar-refractivity contribution in [1.29, 1.82) is 0 Å². The molecular formula is C28H29BrN2O5. The molecular weight excluding hydrogens is 524 g/mol. The van der Waals surface area contributed by atoms with Gasteiger partial charge in [0, 0.05) is 4.47 Å². The summed E-state index contributed by atoms with van der Waals surface area (Å²) in [6.45, 7) is 6.37. The summed E-state index contributed by atoms with van der Waals surface area (Å²) in [6, 6.07) is 19.6. The standard InChI is InChI=1S/C28H29BrN2O5/c1-4-19(3)21-9-13-24(14-10-21)35-18-27(32)31-30-17-20-6-15-25(26(16-20)34-5-2)36-28(33)22-7-11-23(29)12-8-22/h6-17,19H,4-5,18H2,1-3H3,(H,31,32). The van der Waals surface area contributed by atoms with Gasteiger partial charge >= 0.3 is 5.97 Å². The molecule has 3 aromatic rings. The van der Waals surface area contributed by atoms with Crippen molar-refractivity contribution in [2.75, 3.05) is 13.2 Å². The first-order chi connectivity index (χ1) is 17.4. The molecule has 0 aliphatic rings. The Labute approximate surface area is 219 Å². The van der Waals surface area contributed by atoms with E-state index in [0.717, 1.165) is 10.9 Å². The molecule has 3 aromatic carbocycles. The van der Waals surface area contributed by atoms with Gasteiger partial charge in [-0.05, 0) is 85.0 Å². The average Bonchev–Trinajstić information content (AvgIpc) is 2.89. The van der Waals surface area contributed by atoms with Gasteiger partial charge in [-0.2, -0.15) is 5.10 Å². The van der Waals surface area contributed by atoms with Crippen LogP contribution in [0.15, 0.2) is 76.3 Å². The number of carbonyl (C=O) groups excluding carboxylic acids is 2. The molecule has 3 rings (SSSR count). The van der Waals surface area contributed by atoms with Gasteiger partial charge < -0.3 is 14.2 Å². The quantitative estimate of drug-likeness (QED) is 0.134. The monoisotopic (exact) mass is 552 g/mol. The lowest BCUT2D eigenvalue weighted by atomic mass is 9.99. The topological polar surface area (TPSA) is 86.2 Å². The summed E-state index contributed by atoms with van der Waals surface area (Å²) in [5, 5.41) is 3.98. The number of hydrogen-bond donors (Lipinski definition) is 1. The predicted molar refractivity (Wildman–Crippen MR) is 143 cm³/mol. The number of halogens is 1. The van der Waals surface area contributed by atoms with E-state index in [-0.39, 0.29) is 12.5 Å². The molecule has 0 fully saturated rings. The molecule has 0 spiro atoms. The van der Waals surface area contributed by atoms with Crippen molar-refractivity contribution in [2.45, 2.75) is 33.1 Å². The number of nitrogens with one attached hydrogen (secondary N) is 1. The maximum Gasteiger partial charge on any atom is 0.343 e. The fourth-order valence-electron chi connectivity index (χ4n) is 3.19.